The minimum Gasteiger partial charge on any atom is -0.353 e. The zero-order valence-electron chi connectivity index (χ0n) is 9.27. The molecule has 1 unspecified atom stereocenters. The number of nitrogens with one attached hydrogen (secondary N) is 1. The van der Waals surface area contributed by atoms with E-state index < -0.39 is 0 Å². The van der Waals surface area contributed by atoms with Crippen molar-refractivity contribution in [1.29, 1.82) is 0 Å². The monoisotopic (exact) mass is 267 g/mol. The first kappa shape index (κ1) is 15.5. The Bertz CT molecular complexity index is 253. The van der Waals surface area contributed by atoms with E-state index in [1.165, 1.54) is 0 Å². The van der Waals surface area contributed by atoms with Gasteiger partial charge in [-0.1, -0.05) is 6.92 Å². The maximum Gasteiger partial charge on any atom is 0.243 e. The van der Waals surface area contributed by atoms with Crippen LogP contribution in [0.3, 0.4) is 0 Å². The summed E-state index contributed by atoms with van der Waals surface area (Å²) in [4.78, 5) is 24.8. The van der Waals surface area contributed by atoms with Crippen molar-refractivity contribution in [2.24, 2.45) is 5.73 Å². The van der Waals surface area contributed by atoms with Crippen molar-refractivity contribution in [2.75, 3.05) is 24.7 Å². The van der Waals surface area contributed by atoms with Crippen LogP contribution < -0.4 is 11.1 Å². The van der Waals surface area contributed by atoms with Gasteiger partial charge in [0.1, 0.15) is 6.04 Å². The quantitative estimate of drug-likeness (QED) is 0.739. The molecule has 0 aliphatic carbocycles. The lowest BCUT2D eigenvalue weighted by Gasteiger charge is -2.22. The van der Waals surface area contributed by atoms with Gasteiger partial charge in [0, 0.05) is 25.3 Å². The third-order valence-electron chi connectivity index (χ3n) is 2.25. The smallest absolute Gasteiger partial charge is 0.243 e. The van der Waals surface area contributed by atoms with Crippen molar-refractivity contribution < 1.29 is 9.59 Å². The Balaban J connectivity index is 0.00000225. The fraction of sp³-hybridized carbons (Fsp3) is 0.778. The highest BCUT2D eigenvalue weighted by molar-refractivity contribution is 7.99. The normalized spacial score (nSPS) is 19.1. The molecule has 1 aliphatic rings. The lowest BCUT2D eigenvalue weighted by atomic mass is 10.2. The molecule has 1 heterocycles. The lowest BCUT2D eigenvalue weighted by Crippen LogP contribution is -2.48. The summed E-state index contributed by atoms with van der Waals surface area (Å²) in [7, 11) is 0. The summed E-state index contributed by atoms with van der Waals surface area (Å²) in [6, 6.07) is -0.311. The van der Waals surface area contributed by atoms with Crippen LogP contribution in [-0.2, 0) is 9.59 Å². The van der Waals surface area contributed by atoms with Gasteiger partial charge in [0.25, 0.3) is 0 Å². The highest BCUT2D eigenvalue weighted by Crippen LogP contribution is 2.21. The summed E-state index contributed by atoms with van der Waals surface area (Å²) in [6.45, 7) is 2.70. The lowest BCUT2D eigenvalue weighted by molar-refractivity contribution is -0.137. The molecule has 0 aromatic heterocycles. The summed E-state index contributed by atoms with van der Waals surface area (Å²) >= 11 is 1.61. The van der Waals surface area contributed by atoms with Gasteiger partial charge in [0.2, 0.25) is 11.8 Å². The summed E-state index contributed by atoms with van der Waals surface area (Å²) in [5, 5.41) is 2.71. The topological polar surface area (TPSA) is 75.4 Å². The predicted molar refractivity (Wildman–Crippen MR) is 67.6 cm³/mol. The number of halogens is 1. The number of hydrogen-bond acceptors (Lipinski definition) is 4. The molecule has 5 nitrogen and oxygen atoms in total. The predicted octanol–water partition coefficient (Wildman–Crippen LogP) is -0.205. The van der Waals surface area contributed by atoms with Crippen molar-refractivity contribution >= 4 is 36.0 Å². The van der Waals surface area contributed by atoms with Crippen molar-refractivity contribution in [3.05, 3.63) is 0 Å². The molecule has 0 bridgehead atoms. The third kappa shape index (κ3) is 3.84. The Morgan fingerprint density at radius 2 is 2.25 bits per heavy atom. The average molecular weight is 268 g/mol. The molecule has 16 heavy (non-hydrogen) atoms. The maximum atomic E-state index is 11.7. The second kappa shape index (κ2) is 7.76. The maximum absolute atomic E-state index is 11.7. The molecule has 1 atom stereocenters. The van der Waals surface area contributed by atoms with E-state index in [4.69, 9.17) is 5.73 Å². The van der Waals surface area contributed by atoms with Crippen LogP contribution in [0.4, 0.5) is 0 Å². The zero-order chi connectivity index (χ0) is 11.3. The Labute approximate surface area is 106 Å². The molecule has 2 amide bonds. The number of nitrogens with two attached hydrogens (primary N) is 1. The Morgan fingerprint density at radius 3 is 2.81 bits per heavy atom. The average Bonchev–Trinajstić information content (AvgIpc) is 2.73. The van der Waals surface area contributed by atoms with E-state index in [0.717, 1.165) is 0 Å². The molecule has 1 fully saturated rings. The summed E-state index contributed by atoms with van der Waals surface area (Å²) in [6.07, 6.45) is 0.446. The molecule has 94 valence electrons. The van der Waals surface area contributed by atoms with E-state index in [1.807, 2.05) is 0 Å². The highest BCUT2D eigenvalue weighted by Gasteiger charge is 2.33. The second-order valence-corrected chi connectivity index (χ2v) is 4.31. The standard InChI is InChI=1S/C9H17N3O2S.ClH/c1-2-8(13)12-6-15-5-7(12)9(14)11-4-3-10;/h7H,2-6,10H2,1H3,(H,11,14);1H. The summed E-state index contributed by atoms with van der Waals surface area (Å²) in [5.41, 5.74) is 5.30. The SMILES string of the molecule is CCC(=O)N1CSCC1C(=O)NCCN.Cl. The van der Waals surface area contributed by atoms with Gasteiger partial charge >= 0.3 is 0 Å². The molecule has 0 saturated carbocycles. The van der Waals surface area contributed by atoms with E-state index in [2.05, 4.69) is 5.32 Å². The largest absolute Gasteiger partial charge is 0.353 e. The fourth-order valence-electron chi connectivity index (χ4n) is 1.42. The van der Waals surface area contributed by atoms with Gasteiger partial charge in [-0.15, -0.1) is 24.2 Å². The molecule has 1 aliphatic heterocycles. The Hall–Kier alpha value is -0.460. The number of carbonyl (C=O) groups excluding carboxylic acids is 2. The van der Waals surface area contributed by atoms with Gasteiger partial charge in [0.05, 0.1) is 5.88 Å². The first-order valence-electron chi connectivity index (χ1n) is 5.05. The van der Waals surface area contributed by atoms with Crippen LogP contribution in [0.1, 0.15) is 13.3 Å². The number of carbonyl (C=O) groups is 2. The van der Waals surface area contributed by atoms with Crippen molar-refractivity contribution in [2.45, 2.75) is 19.4 Å². The van der Waals surface area contributed by atoms with Crippen molar-refractivity contribution in [3.8, 4) is 0 Å². The first-order valence-corrected chi connectivity index (χ1v) is 6.21. The highest BCUT2D eigenvalue weighted by atomic mass is 35.5. The van der Waals surface area contributed by atoms with Crippen molar-refractivity contribution in [3.63, 3.8) is 0 Å². The zero-order valence-corrected chi connectivity index (χ0v) is 10.9. The summed E-state index contributed by atoms with van der Waals surface area (Å²) < 4.78 is 0. The van der Waals surface area contributed by atoms with Crippen LogP contribution in [0.25, 0.3) is 0 Å². The fourth-order valence-corrected chi connectivity index (χ4v) is 2.60. The van der Waals surface area contributed by atoms with Crippen LogP contribution in [0.2, 0.25) is 0 Å². The van der Waals surface area contributed by atoms with E-state index in [-0.39, 0.29) is 30.3 Å². The molecule has 0 radical (unpaired) electrons. The van der Waals surface area contributed by atoms with Crippen LogP contribution in [0.15, 0.2) is 0 Å². The summed E-state index contributed by atoms with van der Waals surface area (Å²) in [5.74, 6) is 1.25. The van der Waals surface area contributed by atoms with E-state index >= 15 is 0 Å². The number of hydrogen-bond donors (Lipinski definition) is 2. The number of rotatable bonds is 4. The van der Waals surface area contributed by atoms with E-state index in [9.17, 15) is 9.59 Å². The Kier molecular flexibility index (Phi) is 7.53. The molecule has 7 heteroatoms. The molecule has 1 saturated heterocycles. The second-order valence-electron chi connectivity index (χ2n) is 3.31. The van der Waals surface area contributed by atoms with Gasteiger partial charge in [-0.3, -0.25) is 9.59 Å². The molecular weight excluding hydrogens is 250 g/mol. The molecule has 0 aromatic rings. The van der Waals surface area contributed by atoms with Crippen LogP contribution in [-0.4, -0.2) is 47.5 Å². The third-order valence-corrected chi connectivity index (χ3v) is 3.26. The number of nitrogens with zero attached hydrogens (tertiary/aromatic N) is 1. The molecule has 0 spiro atoms. The first-order chi connectivity index (χ1) is 7.20. The molecule has 3 N–H and O–H groups in total. The minimum atomic E-state index is -0.311. The Morgan fingerprint density at radius 1 is 1.56 bits per heavy atom. The van der Waals surface area contributed by atoms with Gasteiger partial charge in [0.15, 0.2) is 0 Å². The van der Waals surface area contributed by atoms with Gasteiger partial charge in [-0.2, -0.15) is 0 Å². The number of thioether (sulfide) groups is 1. The minimum absolute atomic E-state index is 0. The molecule has 0 aromatic carbocycles. The molecule has 1 rings (SSSR count). The van der Waals surface area contributed by atoms with Gasteiger partial charge in [-0.25, -0.2) is 0 Å². The van der Waals surface area contributed by atoms with Gasteiger partial charge in [-0.05, 0) is 0 Å². The van der Waals surface area contributed by atoms with E-state index in [1.54, 1.807) is 23.6 Å². The van der Waals surface area contributed by atoms with E-state index in [0.29, 0.717) is 31.1 Å². The number of amides is 2. The van der Waals surface area contributed by atoms with Crippen molar-refractivity contribution in [1.82, 2.24) is 10.2 Å². The van der Waals surface area contributed by atoms with Gasteiger partial charge < -0.3 is 16.0 Å². The van der Waals surface area contributed by atoms with Crippen LogP contribution in [0, 0.1) is 0 Å². The van der Waals surface area contributed by atoms with Crippen LogP contribution in [0.5, 0.6) is 0 Å². The molecular formula is C9H18ClN3O2S. The van der Waals surface area contributed by atoms with Crippen LogP contribution >= 0.6 is 24.2 Å².